The van der Waals surface area contributed by atoms with Gasteiger partial charge in [-0.25, -0.2) is 14.2 Å². The van der Waals surface area contributed by atoms with Gasteiger partial charge in [-0.1, -0.05) is 23.9 Å². The highest BCUT2D eigenvalue weighted by atomic mass is 32.2. The molecule has 1 aliphatic heterocycles. The maximum atomic E-state index is 13.4. The van der Waals surface area contributed by atoms with Crippen LogP contribution in [0.5, 0.6) is 5.75 Å². The van der Waals surface area contributed by atoms with Crippen molar-refractivity contribution in [2.45, 2.75) is 0 Å². The third-order valence-electron chi connectivity index (χ3n) is 3.86. The number of nitrogens with zero attached hydrogens (tertiary/aromatic N) is 2. The average Bonchev–Trinajstić information content (AvgIpc) is 2.99. The third-order valence-corrected chi connectivity index (χ3v) is 4.82. The fraction of sp³-hybridized carbons (Fsp3) is 0.105. The van der Waals surface area contributed by atoms with Gasteiger partial charge in [0, 0.05) is 12.6 Å². The van der Waals surface area contributed by atoms with Crippen LogP contribution in [0, 0.1) is 11.6 Å². The molecule has 0 saturated carbocycles. The molecule has 3 rings (SSSR count). The Labute approximate surface area is 163 Å². The van der Waals surface area contributed by atoms with Crippen molar-refractivity contribution in [3.05, 3.63) is 66.3 Å². The minimum Gasteiger partial charge on any atom is -0.507 e. The van der Waals surface area contributed by atoms with E-state index in [4.69, 9.17) is 0 Å². The number of nitrogens with one attached hydrogen (secondary N) is 1. The quantitative estimate of drug-likeness (QED) is 0.594. The number of rotatable bonds is 5. The number of hydrogen-bond acceptors (Lipinski definition) is 5. The fourth-order valence-electron chi connectivity index (χ4n) is 2.57. The van der Waals surface area contributed by atoms with E-state index < -0.39 is 17.5 Å². The molecule has 0 bridgehead atoms. The second-order valence-electron chi connectivity index (χ2n) is 5.81. The zero-order valence-electron chi connectivity index (χ0n) is 14.5. The zero-order chi connectivity index (χ0) is 20.3. The molecule has 0 atom stereocenters. The van der Waals surface area contributed by atoms with Crippen LogP contribution in [0.3, 0.4) is 0 Å². The number of carbonyl (C=O) groups is 2. The van der Waals surface area contributed by atoms with E-state index in [1.807, 2.05) is 0 Å². The molecule has 1 saturated heterocycles. The Hall–Kier alpha value is -3.20. The van der Waals surface area contributed by atoms with Crippen LogP contribution in [0.1, 0.15) is 10.4 Å². The molecule has 2 N–H and O–H groups in total. The second kappa shape index (κ2) is 8.22. The number of hydrazone groups is 1. The lowest BCUT2D eigenvalue weighted by Crippen LogP contribution is -2.31. The highest BCUT2D eigenvalue weighted by molar-refractivity contribution is 8.15. The summed E-state index contributed by atoms with van der Waals surface area (Å²) in [6.45, 7) is 3.82. The van der Waals surface area contributed by atoms with Gasteiger partial charge in [-0.3, -0.25) is 14.5 Å². The van der Waals surface area contributed by atoms with Crippen LogP contribution in [0.25, 0.3) is 11.1 Å². The molecule has 144 valence electrons. The van der Waals surface area contributed by atoms with E-state index >= 15 is 0 Å². The topological polar surface area (TPSA) is 82.0 Å². The largest absolute Gasteiger partial charge is 0.507 e. The van der Waals surface area contributed by atoms with E-state index in [0.29, 0.717) is 10.7 Å². The van der Waals surface area contributed by atoms with E-state index in [9.17, 15) is 23.5 Å². The number of carbonyl (C=O) groups excluding carboxylic acids is 2. The van der Waals surface area contributed by atoms with Gasteiger partial charge in [-0.15, -0.1) is 11.7 Å². The van der Waals surface area contributed by atoms with Crippen molar-refractivity contribution in [3.8, 4) is 16.9 Å². The van der Waals surface area contributed by atoms with Gasteiger partial charge in [0.15, 0.2) is 5.17 Å². The molecule has 28 heavy (non-hydrogen) atoms. The summed E-state index contributed by atoms with van der Waals surface area (Å²) < 4.78 is 26.9. The number of halogens is 2. The number of phenolic OH excluding ortho intramolecular Hbond substituents is 1. The Bertz CT molecular complexity index is 974. The molecular weight excluding hydrogens is 388 g/mol. The lowest BCUT2D eigenvalue weighted by molar-refractivity contribution is -0.123. The minimum absolute atomic E-state index is 0.129. The number of benzene rings is 2. The zero-order valence-corrected chi connectivity index (χ0v) is 15.3. The lowest BCUT2D eigenvalue weighted by atomic mass is 10.0. The van der Waals surface area contributed by atoms with Crippen LogP contribution in [0.4, 0.5) is 8.78 Å². The minimum atomic E-state index is -0.759. The van der Waals surface area contributed by atoms with Crippen molar-refractivity contribution in [1.29, 1.82) is 0 Å². The first-order valence-electron chi connectivity index (χ1n) is 8.10. The molecule has 1 fully saturated rings. The highest BCUT2D eigenvalue weighted by Gasteiger charge is 2.27. The van der Waals surface area contributed by atoms with Crippen molar-refractivity contribution >= 4 is 28.7 Å². The monoisotopic (exact) mass is 403 g/mol. The Morgan fingerprint density at radius 3 is 2.64 bits per heavy atom. The Balaban J connectivity index is 1.85. The summed E-state index contributed by atoms with van der Waals surface area (Å²) in [6.07, 6.45) is 1.54. The fourth-order valence-corrected chi connectivity index (χ4v) is 3.42. The summed E-state index contributed by atoms with van der Waals surface area (Å²) in [5, 5.41) is 14.2. The Kier molecular flexibility index (Phi) is 5.74. The number of amidine groups is 1. The molecule has 0 spiro atoms. The Morgan fingerprint density at radius 1 is 1.25 bits per heavy atom. The van der Waals surface area contributed by atoms with Gasteiger partial charge < -0.3 is 5.11 Å². The van der Waals surface area contributed by atoms with Crippen LogP contribution >= 0.6 is 11.8 Å². The standard InChI is InChI=1S/C19H15F2N3O3S/c1-2-5-24-17(26)10-28-19(24)23-22-18(27)15-8-11(3-4-16(15)25)12-6-13(20)9-14(21)7-12/h2-4,6-9,25H,1,5,10H2,(H,22,27)/b23-19+. The molecule has 6 nitrogen and oxygen atoms in total. The molecule has 0 aromatic heterocycles. The van der Waals surface area contributed by atoms with Crippen LogP contribution in [0.2, 0.25) is 0 Å². The molecule has 2 aromatic rings. The average molecular weight is 403 g/mol. The predicted octanol–water partition coefficient (Wildman–Crippen LogP) is 3.10. The maximum absolute atomic E-state index is 13.4. The number of aromatic hydroxyl groups is 1. The van der Waals surface area contributed by atoms with Crippen molar-refractivity contribution in [2.75, 3.05) is 12.3 Å². The van der Waals surface area contributed by atoms with E-state index in [1.54, 1.807) is 0 Å². The van der Waals surface area contributed by atoms with Crippen LogP contribution in [-0.4, -0.2) is 39.3 Å². The van der Waals surface area contributed by atoms with Crippen LogP contribution < -0.4 is 5.43 Å². The molecular formula is C19H15F2N3O3S. The summed E-state index contributed by atoms with van der Waals surface area (Å²) in [7, 11) is 0. The van der Waals surface area contributed by atoms with Crippen molar-refractivity contribution in [2.24, 2.45) is 5.10 Å². The van der Waals surface area contributed by atoms with Gasteiger partial charge >= 0.3 is 0 Å². The number of thioether (sulfide) groups is 1. The summed E-state index contributed by atoms with van der Waals surface area (Å²) in [5.41, 5.74) is 2.71. The first-order chi connectivity index (χ1) is 13.4. The van der Waals surface area contributed by atoms with E-state index in [1.165, 1.54) is 29.2 Å². The molecule has 1 heterocycles. The second-order valence-corrected chi connectivity index (χ2v) is 6.75. The summed E-state index contributed by atoms with van der Waals surface area (Å²) in [6, 6.07) is 6.95. The number of phenols is 1. The lowest BCUT2D eigenvalue weighted by Gasteiger charge is -2.13. The van der Waals surface area contributed by atoms with E-state index in [2.05, 4.69) is 17.1 Å². The van der Waals surface area contributed by atoms with Crippen molar-refractivity contribution in [3.63, 3.8) is 0 Å². The third kappa shape index (κ3) is 4.20. The van der Waals surface area contributed by atoms with Crippen LogP contribution in [-0.2, 0) is 4.79 Å². The molecule has 1 aliphatic rings. The Morgan fingerprint density at radius 2 is 1.96 bits per heavy atom. The molecule has 0 aliphatic carbocycles. The molecule has 0 unspecified atom stereocenters. The summed E-state index contributed by atoms with van der Waals surface area (Å²) in [5.74, 6) is -2.53. The molecule has 2 aromatic carbocycles. The van der Waals surface area contributed by atoms with Gasteiger partial charge in [0.2, 0.25) is 5.91 Å². The van der Waals surface area contributed by atoms with E-state index in [-0.39, 0.29) is 35.1 Å². The number of amides is 2. The van der Waals surface area contributed by atoms with Crippen molar-refractivity contribution < 1.29 is 23.5 Å². The van der Waals surface area contributed by atoms with Crippen molar-refractivity contribution in [1.82, 2.24) is 10.3 Å². The van der Waals surface area contributed by atoms with Crippen LogP contribution in [0.15, 0.2) is 54.2 Å². The molecule has 2 amide bonds. The normalized spacial score (nSPS) is 15.1. The van der Waals surface area contributed by atoms with Gasteiger partial charge in [0.25, 0.3) is 5.91 Å². The van der Waals surface area contributed by atoms with Gasteiger partial charge in [0.1, 0.15) is 17.4 Å². The summed E-state index contributed by atoms with van der Waals surface area (Å²) >= 11 is 1.16. The molecule has 0 radical (unpaired) electrons. The van der Waals surface area contributed by atoms with Gasteiger partial charge in [-0.05, 0) is 35.4 Å². The predicted molar refractivity (Wildman–Crippen MR) is 103 cm³/mol. The number of hydrogen-bond donors (Lipinski definition) is 2. The smallest absolute Gasteiger partial charge is 0.275 e. The summed E-state index contributed by atoms with van der Waals surface area (Å²) in [4.78, 5) is 25.6. The molecule has 9 heteroatoms. The SMILES string of the molecule is C=CCN1C(=O)CS/C1=N/NC(=O)c1cc(-c2cc(F)cc(F)c2)ccc1O. The maximum Gasteiger partial charge on any atom is 0.275 e. The van der Waals surface area contributed by atoms with Gasteiger partial charge in [0.05, 0.1) is 11.3 Å². The highest BCUT2D eigenvalue weighted by Crippen LogP contribution is 2.27. The first-order valence-corrected chi connectivity index (χ1v) is 9.09. The van der Waals surface area contributed by atoms with Gasteiger partial charge in [-0.2, -0.15) is 0 Å². The van der Waals surface area contributed by atoms with E-state index in [0.717, 1.165) is 30.0 Å². The first kappa shape index (κ1) is 19.6.